The second kappa shape index (κ2) is 11.0. The van der Waals surface area contributed by atoms with Crippen LogP contribution in [-0.2, 0) is 6.54 Å². The molecule has 4 rings (SSSR count). The number of rotatable bonds is 9. The number of aromatic nitrogens is 2. The van der Waals surface area contributed by atoms with Crippen molar-refractivity contribution < 1.29 is 13.9 Å². The number of benzene rings is 3. The molecule has 0 spiro atoms. The molecule has 1 N–H and O–H groups in total. The van der Waals surface area contributed by atoms with Gasteiger partial charge in [0.1, 0.15) is 17.2 Å². The summed E-state index contributed by atoms with van der Waals surface area (Å²) in [4.78, 5) is 18.7. The van der Waals surface area contributed by atoms with Crippen molar-refractivity contribution >= 4 is 5.91 Å². The number of halogens is 1. The first-order valence-corrected chi connectivity index (χ1v) is 11.9. The van der Waals surface area contributed by atoms with Crippen molar-refractivity contribution in [3.05, 3.63) is 95.9 Å². The van der Waals surface area contributed by atoms with Crippen LogP contribution in [0.2, 0.25) is 0 Å². The van der Waals surface area contributed by atoms with Crippen molar-refractivity contribution in [2.45, 2.75) is 39.3 Å². The zero-order chi connectivity index (χ0) is 24.8. The molecule has 0 aliphatic rings. The molecule has 0 aliphatic heterocycles. The van der Waals surface area contributed by atoms with E-state index in [4.69, 9.17) is 9.72 Å². The largest absolute Gasteiger partial charge is 0.494 e. The van der Waals surface area contributed by atoms with Gasteiger partial charge in [0.2, 0.25) is 0 Å². The number of hydrogen-bond acceptors (Lipinski definition) is 3. The molecule has 0 saturated carbocycles. The van der Waals surface area contributed by atoms with E-state index in [0.717, 1.165) is 24.0 Å². The Balaban J connectivity index is 1.84. The van der Waals surface area contributed by atoms with Gasteiger partial charge in [-0.3, -0.25) is 4.79 Å². The van der Waals surface area contributed by atoms with E-state index >= 15 is 0 Å². The maximum atomic E-state index is 14.7. The van der Waals surface area contributed by atoms with Crippen LogP contribution in [0, 0.1) is 5.82 Å². The fourth-order valence-corrected chi connectivity index (χ4v) is 4.34. The summed E-state index contributed by atoms with van der Waals surface area (Å²) in [5.74, 6) is 0.0631. The zero-order valence-electron chi connectivity index (χ0n) is 20.3. The molecule has 3 aromatic carbocycles. The van der Waals surface area contributed by atoms with E-state index in [2.05, 4.69) is 12.2 Å². The van der Waals surface area contributed by atoms with Crippen LogP contribution in [0.15, 0.2) is 78.9 Å². The smallest absolute Gasteiger partial charge is 0.270 e. The fourth-order valence-electron chi connectivity index (χ4n) is 4.34. The second-order valence-corrected chi connectivity index (χ2v) is 8.32. The molecule has 1 amide bonds. The normalized spacial score (nSPS) is 11.8. The van der Waals surface area contributed by atoms with E-state index in [1.165, 1.54) is 13.2 Å². The van der Waals surface area contributed by atoms with Crippen LogP contribution in [-0.4, -0.2) is 22.6 Å². The molecule has 1 aromatic heterocycles. The molecule has 5 nitrogen and oxygen atoms in total. The average Bonchev–Trinajstić information content (AvgIpc) is 3.29. The minimum atomic E-state index is -0.503. The number of ether oxygens (including phenoxy) is 1. The number of nitrogens with one attached hydrogen (secondary N) is 1. The van der Waals surface area contributed by atoms with Gasteiger partial charge in [0.15, 0.2) is 11.6 Å². The standard InChI is InChI=1S/C29H30FN3O2/c1-4-12-24(20-13-8-6-9-14-20)31-29(34)27-26(22-17-18-25(35-3)23(30)19-22)32-28(33(27)5-2)21-15-10-7-11-16-21/h6-11,13-19,24H,4-5,12H2,1-3H3,(H,31,34). The number of nitrogens with zero attached hydrogens (tertiary/aromatic N) is 2. The molecule has 4 aromatic rings. The molecule has 0 saturated heterocycles. The summed E-state index contributed by atoms with van der Waals surface area (Å²) in [5.41, 5.74) is 3.30. The first kappa shape index (κ1) is 24.2. The Bertz CT molecular complexity index is 1290. The maximum Gasteiger partial charge on any atom is 0.270 e. The Kier molecular flexibility index (Phi) is 7.60. The van der Waals surface area contributed by atoms with Crippen molar-refractivity contribution in [1.82, 2.24) is 14.9 Å². The van der Waals surface area contributed by atoms with Crippen LogP contribution in [0.5, 0.6) is 5.75 Å². The molecule has 1 unspecified atom stereocenters. The highest BCUT2D eigenvalue weighted by molar-refractivity contribution is 6.00. The number of imidazole rings is 1. The van der Waals surface area contributed by atoms with E-state index < -0.39 is 5.82 Å². The van der Waals surface area contributed by atoms with E-state index in [1.807, 2.05) is 72.2 Å². The Hall–Kier alpha value is -3.93. The van der Waals surface area contributed by atoms with Crippen LogP contribution in [0.3, 0.4) is 0 Å². The number of methoxy groups -OCH3 is 1. The Morgan fingerprint density at radius 2 is 1.69 bits per heavy atom. The van der Waals surface area contributed by atoms with E-state index in [0.29, 0.717) is 29.3 Å². The lowest BCUT2D eigenvalue weighted by atomic mass is 10.0. The Labute approximate surface area is 205 Å². The summed E-state index contributed by atoms with van der Waals surface area (Å²) in [6.45, 7) is 4.60. The molecule has 180 valence electrons. The van der Waals surface area contributed by atoms with E-state index in [9.17, 15) is 9.18 Å². The Morgan fingerprint density at radius 3 is 2.29 bits per heavy atom. The highest BCUT2D eigenvalue weighted by Crippen LogP contribution is 2.32. The van der Waals surface area contributed by atoms with Gasteiger partial charge in [-0.25, -0.2) is 9.37 Å². The van der Waals surface area contributed by atoms with Crippen molar-refractivity contribution in [3.8, 4) is 28.4 Å². The topological polar surface area (TPSA) is 56.1 Å². The zero-order valence-corrected chi connectivity index (χ0v) is 20.3. The number of hydrogen-bond donors (Lipinski definition) is 1. The van der Waals surface area contributed by atoms with E-state index in [1.54, 1.807) is 12.1 Å². The highest BCUT2D eigenvalue weighted by atomic mass is 19.1. The summed E-state index contributed by atoms with van der Waals surface area (Å²) in [6.07, 6.45) is 1.72. The third-order valence-corrected chi connectivity index (χ3v) is 6.04. The van der Waals surface area contributed by atoms with Gasteiger partial charge in [-0.05, 0) is 37.1 Å². The predicted octanol–water partition coefficient (Wildman–Crippen LogP) is 6.66. The molecule has 0 aliphatic carbocycles. The third kappa shape index (κ3) is 5.11. The summed E-state index contributed by atoms with van der Waals surface area (Å²) in [7, 11) is 1.42. The molecular weight excluding hydrogens is 441 g/mol. The van der Waals surface area contributed by atoms with Gasteiger partial charge >= 0.3 is 0 Å². The highest BCUT2D eigenvalue weighted by Gasteiger charge is 2.26. The van der Waals surface area contributed by atoms with Crippen LogP contribution in [0.25, 0.3) is 22.6 Å². The lowest BCUT2D eigenvalue weighted by Crippen LogP contribution is -2.30. The summed E-state index contributed by atoms with van der Waals surface area (Å²) in [5, 5.41) is 3.22. The summed E-state index contributed by atoms with van der Waals surface area (Å²) < 4.78 is 21.6. The minimum Gasteiger partial charge on any atom is -0.494 e. The van der Waals surface area contributed by atoms with Gasteiger partial charge < -0.3 is 14.6 Å². The average molecular weight is 472 g/mol. The molecule has 1 atom stereocenters. The maximum absolute atomic E-state index is 14.7. The monoisotopic (exact) mass is 471 g/mol. The van der Waals surface area contributed by atoms with Gasteiger partial charge in [-0.2, -0.15) is 0 Å². The van der Waals surface area contributed by atoms with Gasteiger partial charge in [-0.15, -0.1) is 0 Å². The van der Waals surface area contributed by atoms with Crippen LogP contribution >= 0.6 is 0 Å². The lowest BCUT2D eigenvalue weighted by molar-refractivity contribution is 0.0926. The first-order chi connectivity index (χ1) is 17.1. The quantitative estimate of drug-likeness (QED) is 0.297. The molecule has 0 fully saturated rings. The van der Waals surface area contributed by atoms with E-state index in [-0.39, 0.29) is 17.7 Å². The minimum absolute atomic E-state index is 0.144. The summed E-state index contributed by atoms with van der Waals surface area (Å²) in [6, 6.07) is 24.2. The molecule has 0 bridgehead atoms. The first-order valence-electron chi connectivity index (χ1n) is 11.9. The van der Waals surface area contributed by atoms with Gasteiger partial charge in [0.05, 0.1) is 13.2 Å². The number of carbonyl (C=O) groups excluding carboxylic acids is 1. The van der Waals surface area contributed by atoms with Crippen molar-refractivity contribution in [2.75, 3.05) is 7.11 Å². The SMILES string of the molecule is CCCC(NC(=O)c1c(-c2ccc(OC)c(F)c2)nc(-c2ccccc2)n1CC)c1ccccc1. The molecular formula is C29H30FN3O2. The number of carbonyl (C=O) groups is 1. The predicted molar refractivity (Wildman–Crippen MR) is 137 cm³/mol. The lowest BCUT2D eigenvalue weighted by Gasteiger charge is -2.20. The Morgan fingerprint density at radius 1 is 1.00 bits per heavy atom. The van der Waals surface area contributed by atoms with Crippen LogP contribution in [0.1, 0.15) is 48.8 Å². The fraction of sp³-hybridized carbons (Fsp3) is 0.241. The molecule has 35 heavy (non-hydrogen) atoms. The van der Waals surface area contributed by atoms with Gasteiger partial charge in [0, 0.05) is 17.7 Å². The van der Waals surface area contributed by atoms with Crippen LogP contribution in [0.4, 0.5) is 4.39 Å². The van der Waals surface area contributed by atoms with Crippen molar-refractivity contribution in [1.29, 1.82) is 0 Å². The molecule has 6 heteroatoms. The second-order valence-electron chi connectivity index (χ2n) is 8.32. The van der Waals surface area contributed by atoms with Crippen LogP contribution < -0.4 is 10.1 Å². The molecule has 0 radical (unpaired) electrons. The van der Waals surface area contributed by atoms with Gasteiger partial charge in [-0.1, -0.05) is 74.0 Å². The summed E-state index contributed by atoms with van der Waals surface area (Å²) >= 11 is 0. The van der Waals surface area contributed by atoms with Crippen molar-refractivity contribution in [3.63, 3.8) is 0 Å². The number of amides is 1. The molecule has 1 heterocycles. The van der Waals surface area contributed by atoms with Gasteiger partial charge in [0.25, 0.3) is 5.91 Å². The third-order valence-electron chi connectivity index (χ3n) is 6.04. The van der Waals surface area contributed by atoms with Crippen molar-refractivity contribution in [2.24, 2.45) is 0 Å².